The molecule has 1 amide bonds. The Morgan fingerprint density at radius 2 is 1.87 bits per heavy atom. The Morgan fingerprint density at radius 3 is 2.48 bits per heavy atom. The van der Waals surface area contributed by atoms with Crippen molar-refractivity contribution in [3.05, 3.63) is 72.2 Å². The second-order valence-electron chi connectivity index (χ2n) is 7.23. The molecular formula is C22H19F3N4O2. The van der Waals surface area contributed by atoms with Gasteiger partial charge in [-0.2, -0.15) is 18.3 Å². The molecule has 0 radical (unpaired) electrons. The molecule has 4 aromatic rings. The van der Waals surface area contributed by atoms with Crippen LogP contribution in [0.3, 0.4) is 0 Å². The molecule has 0 saturated heterocycles. The molecule has 0 spiro atoms. The van der Waals surface area contributed by atoms with E-state index < -0.39 is 23.2 Å². The first-order valence-corrected chi connectivity index (χ1v) is 9.50. The molecule has 6 nitrogen and oxygen atoms in total. The van der Waals surface area contributed by atoms with Crippen molar-refractivity contribution in [3.63, 3.8) is 0 Å². The summed E-state index contributed by atoms with van der Waals surface area (Å²) in [5, 5.41) is 14.6. The number of nitrogens with one attached hydrogen (secondary N) is 1. The maximum Gasteiger partial charge on any atom is 0.430 e. The predicted molar refractivity (Wildman–Crippen MR) is 109 cm³/mol. The highest BCUT2D eigenvalue weighted by Crippen LogP contribution is 2.42. The average molecular weight is 428 g/mol. The number of carbonyl (C=O) groups excluding carboxylic acids is 1. The number of carbonyl (C=O) groups is 1. The van der Waals surface area contributed by atoms with Crippen LogP contribution in [0.4, 0.5) is 13.2 Å². The van der Waals surface area contributed by atoms with E-state index in [1.165, 1.54) is 11.6 Å². The highest BCUT2D eigenvalue weighted by molar-refractivity contribution is 5.95. The first-order chi connectivity index (χ1) is 14.6. The van der Waals surface area contributed by atoms with Crippen molar-refractivity contribution in [2.24, 2.45) is 5.73 Å². The third-order valence-electron chi connectivity index (χ3n) is 5.36. The third-order valence-corrected chi connectivity index (χ3v) is 5.36. The molecule has 0 aliphatic carbocycles. The van der Waals surface area contributed by atoms with Crippen LogP contribution in [-0.4, -0.2) is 32.0 Å². The standard InChI is InChI=1S/C22H19F3N4O2/c1-2-13-3-6-16(7-4-13)29-12-15(10-28-29)14-5-8-19-17(9-14)18(11-27-19)21(31,20(26)30)22(23,24)25/h3-12,27,31H,2H2,1H3,(H2,26,30). The number of alkyl halides is 3. The maximum absolute atomic E-state index is 13.5. The molecule has 0 aliphatic rings. The van der Waals surface area contributed by atoms with Gasteiger partial charge in [0.25, 0.3) is 11.5 Å². The number of fused-ring (bicyclic) bond motifs is 1. The summed E-state index contributed by atoms with van der Waals surface area (Å²) in [7, 11) is 0. The Labute approximate surface area is 175 Å². The van der Waals surface area contributed by atoms with Crippen LogP contribution in [0.15, 0.2) is 61.1 Å². The lowest BCUT2D eigenvalue weighted by atomic mass is 9.91. The molecular weight excluding hydrogens is 409 g/mol. The third kappa shape index (κ3) is 3.36. The van der Waals surface area contributed by atoms with Crippen molar-refractivity contribution < 1.29 is 23.1 Å². The van der Waals surface area contributed by atoms with Gasteiger partial charge in [0.05, 0.1) is 11.9 Å². The summed E-state index contributed by atoms with van der Waals surface area (Å²) >= 11 is 0. The minimum absolute atomic E-state index is 0.0381. The Morgan fingerprint density at radius 1 is 1.16 bits per heavy atom. The molecule has 2 aromatic carbocycles. The van der Waals surface area contributed by atoms with Crippen molar-refractivity contribution >= 4 is 16.8 Å². The van der Waals surface area contributed by atoms with E-state index in [1.807, 2.05) is 24.3 Å². The molecule has 0 aliphatic heterocycles. The van der Waals surface area contributed by atoms with Gasteiger partial charge in [0, 0.05) is 34.4 Å². The number of halogens is 3. The molecule has 4 rings (SSSR count). The predicted octanol–water partition coefficient (Wildman–Crippen LogP) is 3.82. The zero-order valence-electron chi connectivity index (χ0n) is 16.4. The molecule has 2 heterocycles. The first kappa shape index (κ1) is 20.7. The minimum atomic E-state index is -5.28. The van der Waals surface area contributed by atoms with Crippen molar-refractivity contribution in [1.29, 1.82) is 0 Å². The van der Waals surface area contributed by atoms with E-state index in [4.69, 9.17) is 5.73 Å². The summed E-state index contributed by atoms with van der Waals surface area (Å²) < 4.78 is 42.3. The number of hydrogen-bond acceptors (Lipinski definition) is 3. The SMILES string of the molecule is CCc1ccc(-n2cc(-c3ccc4[nH]cc(C(O)(C(N)=O)C(F)(F)F)c4c3)cn2)cc1. The second kappa shape index (κ2) is 7.28. The fourth-order valence-electron chi connectivity index (χ4n) is 3.52. The molecule has 1 unspecified atom stereocenters. The molecule has 31 heavy (non-hydrogen) atoms. The van der Waals surface area contributed by atoms with Crippen LogP contribution in [-0.2, 0) is 16.8 Å². The maximum atomic E-state index is 13.5. The molecule has 1 atom stereocenters. The van der Waals surface area contributed by atoms with Gasteiger partial charge in [-0.1, -0.05) is 25.1 Å². The number of aryl methyl sites for hydroxylation is 1. The Kier molecular flexibility index (Phi) is 4.85. The lowest BCUT2D eigenvalue weighted by molar-refractivity contribution is -0.255. The summed E-state index contributed by atoms with van der Waals surface area (Å²) in [6.45, 7) is 2.06. The second-order valence-corrected chi connectivity index (χ2v) is 7.23. The Hall–Kier alpha value is -3.59. The van der Waals surface area contributed by atoms with Crippen LogP contribution in [0.1, 0.15) is 18.1 Å². The van der Waals surface area contributed by atoms with Crippen LogP contribution >= 0.6 is 0 Å². The summed E-state index contributed by atoms with van der Waals surface area (Å²) in [6, 6.07) is 12.6. The van der Waals surface area contributed by atoms with Gasteiger partial charge in [-0.3, -0.25) is 4.79 Å². The van der Waals surface area contributed by atoms with Gasteiger partial charge in [-0.25, -0.2) is 4.68 Å². The summed E-state index contributed by atoms with van der Waals surface area (Å²) in [6.07, 6.45) is -0.0755. The van der Waals surface area contributed by atoms with E-state index in [2.05, 4.69) is 17.0 Å². The van der Waals surface area contributed by atoms with Crippen LogP contribution in [0.2, 0.25) is 0 Å². The van der Waals surface area contributed by atoms with Crippen molar-refractivity contribution in [1.82, 2.24) is 14.8 Å². The van der Waals surface area contributed by atoms with Crippen LogP contribution in [0.25, 0.3) is 27.7 Å². The van der Waals surface area contributed by atoms with E-state index >= 15 is 0 Å². The normalized spacial score (nSPS) is 14.0. The van der Waals surface area contributed by atoms with E-state index in [-0.39, 0.29) is 5.39 Å². The molecule has 0 bridgehead atoms. The van der Waals surface area contributed by atoms with Gasteiger partial charge in [0.2, 0.25) is 0 Å². The Balaban J connectivity index is 1.78. The molecule has 9 heteroatoms. The molecule has 2 aromatic heterocycles. The summed E-state index contributed by atoms with van der Waals surface area (Å²) in [5.74, 6) is -1.89. The highest BCUT2D eigenvalue weighted by Gasteiger charge is 2.60. The zero-order valence-corrected chi connectivity index (χ0v) is 16.4. The van der Waals surface area contributed by atoms with Crippen LogP contribution in [0, 0.1) is 0 Å². The summed E-state index contributed by atoms with van der Waals surface area (Å²) in [5.41, 5.74) is 4.06. The van der Waals surface area contributed by atoms with Gasteiger partial charge in [-0.05, 0) is 41.8 Å². The number of H-pyrrole nitrogens is 1. The number of nitrogens with two attached hydrogens (primary N) is 1. The van der Waals surface area contributed by atoms with Gasteiger partial charge in [0.15, 0.2) is 0 Å². The van der Waals surface area contributed by atoms with E-state index in [0.29, 0.717) is 16.6 Å². The number of aliphatic hydroxyl groups is 1. The van der Waals surface area contributed by atoms with E-state index in [9.17, 15) is 23.1 Å². The zero-order chi connectivity index (χ0) is 22.4. The fraction of sp³-hybridized carbons (Fsp3) is 0.182. The van der Waals surface area contributed by atoms with E-state index in [1.54, 1.807) is 29.2 Å². The average Bonchev–Trinajstić information content (AvgIpc) is 3.39. The number of nitrogens with zero attached hydrogens (tertiary/aromatic N) is 2. The largest absolute Gasteiger partial charge is 0.430 e. The van der Waals surface area contributed by atoms with Gasteiger partial charge in [-0.15, -0.1) is 0 Å². The lowest BCUT2D eigenvalue weighted by Gasteiger charge is -2.26. The minimum Gasteiger partial charge on any atom is -0.368 e. The van der Waals surface area contributed by atoms with E-state index in [0.717, 1.165) is 18.3 Å². The lowest BCUT2D eigenvalue weighted by Crippen LogP contribution is -2.52. The quantitative estimate of drug-likeness (QED) is 0.451. The fourth-order valence-corrected chi connectivity index (χ4v) is 3.52. The summed E-state index contributed by atoms with van der Waals surface area (Å²) in [4.78, 5) is 14.2. The Bertz CT molecular complexity index is 1260. The molecule has 0 fully saturated rings. The monoisotopic (exact) mass is 428 g/mol. The molecule has 4 N–H and O–H groups in total. The molecule has 0 saturated carbocycles. The number of aromatic nitrogens is 3. The highest BCUT2D eigenvalue weighted by atomic mass is 19.4. The van der Waals surface area contributed by atoms with Gasteiger partial charge >= 0.3 is 6.18 Å². The number of benzene rings is 2. The topological polar surface area (TPSA) is 96.9 Å². The number of amides is 1. The molecule has 160 valence electrons. The number of hydrogen-bond donors (Lipinski definition) is 3. The smallest absolute Gasteiger partial charge is 0.368 e. The van der Waals surface area contributed by atoms with Gasteiger partial charge < -0.3 is 15.8 Å². The van der Waals surface area contributed by atoms with Crippen molar-refractivity contribution in [2.75, 3.05) is 0 Å². The van der Waals surface area contributed by atoms with Crippen molar-refractivity contribution in [2.45, 2.75) is 25.1 Å². The van der Waals surface area contributed by atoms with Gasteiger partial charge in [0.1, 0.15) is 0 Å². The van der Waals surface area contributed by atoms with Crippen LogP contribution in [0.5, 0.6) is 0 Å². The first-order valence-electron chi connectivity index (χ1n) is 9.50. The number of primary amides is 1. The number of aromatic amines is 1. The van der Waals surface area contributed by atoms with Crippen LogP contribution < -0.4 is 5.73 Å². The van der Waals surface area contributed by atoms with Crippen molar-refractivity contribution in [3.8, 4) is 16.8 Å². The number of rotatable bonds is 5.